The predicted molar refractivity (Wildman–Crippen MR) is 79.4 cm³/mol. The summed E-state index contributed by atoms with van der Waals surface area (Å²) in [6.07, 6.45) is 0.750. The fraction of sp³-hybridized carbons (Fsp3) is 0.294. The summed E-state index contributed by atoms with van der Waals surface area (Å²) < 4.78 is 5.39. The van der Waals surface area contributed by atoms with Crippen LogP contribution in [0.4, 0.5) is 0 Å². The van der Waals surface area contributed by atoms with Crippen LogP contribution in [-0.2, 0) is 12.0 Å². The second-order valence-corrected chi connectivity index (χ2v) is 5.27. The predicted octanol–water partition coefficient (Wildman–Crippen LogP) is 3.42. The summed E-state index contributed by atoms with van der Waals surface area (Å²) >= 11 is 0. The van der Waals surface area contributed by atoms with E-state index in [1.54, 1.807) is 7.11 Å². The van der Waals surface area contributed by atoms with Crippen molar-refractivity contribution in [3.8, 4) is 5.75 Å². The molecule has 2 rings (SSSR count). The maximum absolute atomic E-state index is 6.49. The number of hydrogen-bond donors (Lipinski definition) is 1. The van der Waals surface area contributed by atoms with E-state index in [9.17, 15) is 0 Å². The van der Waals surface area contributed by atoms with Gasteiger partial charge in [-0.15, -0.1) is 0 Å². The third-order valence-corrected chi connectivity index (χ3v) is 3.46. The molecule has 2 aromatic carbocycles. The molecule has 19 heavy (non-hydrogen) atoms. The van der Waals surface area contributed by atoms with Crippen LogP contribution in [0.5, 0.6) is 5.75 Å². The molecule has 2 heteroatoms. The highest BCUT2D eigenvalue weighted by atomic mass is 16.5. The minimum Gasteiger partial charge on any atom is -0.496 e. The number of ether oxygens (including phenoxy) is 1. The van der Waals surface area contributed by atoms with E-state index in [4.69, 9.17) is 10.5 Å². The fourth-order valence-corrected chi connectivity index (χ4v) is 2.28. The number of hydrogen-bond acceptors (Lipinski definition) is 2. The van der Waals surface area contributed by atoms with E-state index in [0.29, 0.717) is 0 Å². The second-order valence-electron chi connectivity index (χ2n) is 5.27. The SMILES string of the molecule is COc1ccccc1CC(C)(N)c1ccc(C)cc1. The molecule has 0 aromatic heterocycles. The van der Waals surface area contributed by atoms with Crippen LogP contribution in [0.1, 0.15) is 23.6 Å². The summed E-state index contributed by atoms with van der Waals surface area (Å²) in [7, 11) is 1.69. The quantitative estimate of drug-likeness (QED) is 0.908. The normalized spacial score (nSPS) is 13.9. The Labute approximate surface area is 115 Å². The molecule has 0 aliphatic carbocycles. The first-order chi connectivity index (χ1) is 9.03. The van der Waals surface area contributed by atoms with Gasteiger partial charge >= 0.3 is 0 Å². The lowest BCUT2D eigenvalue weighted by molar-refractivity contribution is 0.400. The van der Waals surface area contributed by atoms with Crippen LogP contribution in [0.3, 0.4) is 0 Å². The summed E-state index contributed by atoms with van der Waals surface area (Å²) in [4.78, 5) is 0. The van der Waals surface area contributed by atoms with Crippen molar-refractivity contribution in [2.75, 3.05) is 7.11 Å². The van der Waals surface area contributed by atoms with Crippen LogP contribution in [0.25, 0.3) is 0 Å². The molecule has 0 saturated carbocycles. The summed E-state index contributed by atoms with van der Waals surface area (Å²) in [5, 5.41) is 0. The topological polar surface area (TPSA) is 35.2 Å². The molecule has 0 heterocycles. The van der Waals surface area contributed by atoms with Crippen molar-refractivity contribution in [3.05, 3.63) is 65.2 Å². The van der Waals surface area contributed by atoms with Gasteiger partial charge in [0, 0.05) is 5.54 Å². The molecule has 0 aliphatic heterocycles. The van der Waals surface area contributed by atoms with Crippen LogP contribution in [0.15, 0.2) is 48.5 Å². The molecule has 0 fully saturated rings. The number of nitrogens with two attached hydrogens (primary N) is 1. The summed E-state index contributed by atoms with van der Waals surface area (Å²) in [5.74, 6) is 0.895. The van der Waals surface area contributed by atoms with Gasteiger partial charge in [0.05, 0.1) is 7.11 Å². The maximum atomic E-state index is 6.49. The lowest BCUT2D eigenvalue weighted by atomic mass is 9.86. The van der Waals surface area contributed by atoms with Gasteiger partial charge in [-0.3, -0.25) is 0 Å². The Bertz CT molecular complexity index is 543. The summed E-state index contributed by atoms with van der Waals surface area (Å²) in [6, 6.07) is 16.4. The molecule has 2 nitrogen and oxygen atoms in total. The number of benzene rings is 2. The van der Waals surface area contributed by atoms with Crippen LogP contribution in [0, 0.1) is 6.92 Å². The molecule has 1 unspecified atom stereocenters. The van der Waals surface area contributed by atoms with E-state index in [0.717, 1.165) is 23.3 Å². The standard InChI is InChI=1S/C17H21NO/c1-13-8-10-15(11-9-13)17(2,18)12-14-6-4-5-7-16(14)19-3/h4-11H,12,18H2,1-3H3. The minimum absolute atomic E-state index is 0.400. The van der Waals surface area contributed by atoms with E-state index in [1.165, 1.54) is 5.56 Å². The molecule has 100 valence electrons. The van der Waals surface area contributed by atoms with Crippen molar-refractivity contribution in [1.82, 2.24) is 0 Å². The average molecular weight is 255 g/mol. The molecule has 2 N–H and O–H groups in total. The van der Waals surface area contributed by atoms with Crippen molar-refractivity contribution in [2.45, 2.75) is 25.8 Å². The van der Waals surface area contributed by atoms with Gasteiger partial charge in [-0.1, -0.05) is 48.0 Å². The van der Waals surface area contributed by atoms with Gasteiger partial charge in [0.25, 0.3) is 0 Å². The smallest absolute Gasteiger partial charge is 0.122 e. The largest absolute Gasteiger partial charge is 0.496 e. The van der Waals surface area contributed by atoms with Gasteiger partial charge < -0.3 is 10.5 Å². The van der Waals surface area contributed by atoms with Gasteiger partial charge in [-0.25, -0.2) is 0 Å². The van der Waals surface area contributed by atoms with E-state index < -0.39 is 5.54 Å². The molecule has 0 radical (unpaired) electrons. The van der Waals surface area contributed by atoms with E-state index in [2.05, 4.69) is 44.2 Å². The Morgan fingerprint density at radius 2 is 1.68 bits per heavy atom. The van der Waals surface area contributed by atoms with Gasteiger partial charge in [0.1, 0.15) is 5.75 Å². The van der Waals surface area contributed by atoms with Crippen molar-refractivity contribution in [1.29, 1.82) is 0 Å². The van der Waals surface area contributed by atoms with Crippen LogP contribution >= 0.6 is 0 Å². The molecule has 1 atom stereocenters. The summed E-state index contributed by atoms with van der Waals surface area (Å²) in [5.41, 5.74) is 9.61. The summed E-state index contributed by atoms with van der Waals surface area (Å²) in [6.45, 7) is 4.14. The number of rotatable bonds is 4. The monoisotopic (exact) mass is 255 g/mol. The van der Waals surface area contributed by atoms with Crippen molar-refractivity contribution in [2.24, 2.45) is 5.73 Å². The molecule has 0 amide bonds. The molecule has 0 saturated heterocycles. The fourth-order valence-electron chi connectivity index (χ4n) is 2.28. The van der Waals surface area contributed by atoms with E-state index in [-0.39, 0.29) is 0 Å². The zero-order chi connectivity index (χ0) is 13.9. The van der Waals surface area contributed by atoms with Crippen molar-refractivity contribution in [3.63, 3.8) is 0 Å². The number of aryl methyl sites for hydroxylation is 1. The first kappa shape index (κ1) is 13.6. The Balaban J connectivity index is 2.27. The molecular formula is C17H21NO. The van der Waals surface area contributed by atoms with Crippen LogP contribution in [0.2, 0.25) is 0 Å². The van der Waals surface area contributed by atoms with Gasteiger partial charge in [-0.05, 0) is 37.5 Å². The Hall–Kier alpha value is -1.80. The lowest BCUT2D eigenvalue weighted by Crippen LogP contribution is -2.35. The highest BCUT2D eigenvalue weighted by molar-refractivity contribution is 5.37. The van der Waals surface area contributed by atoms with Gasteiger partial charge in [0.15, 0.2) is 0 Å². The number of methoxy groups -OCH3 is 1. The lowest BCUT2D eigenvalue weighted by Gasteiger charge is -2.26. The minimum atomic E-state index is -0.400. The molecule has 0 spiro atoms. The molecule has 0 aliphatic rings. The molecule has 2 aromatic rings. The third kappa shape index (κ3) is 3.15. The molecule has 0 bridgehead atoms. The average Bonchev–Trinajstić information content (AvgIpc) is 2.39. The van der Waals surface area contributed by atoms with Gasteiger partial charge in [-0.2, -0.15) is 0 Å². The zero-order valence-corrected chi connectivity index (χ0v) is 11.8. The molecular weight excluding hydrogens is 234 g/mol. The first-order valence-electron chi connectivity index (χ1n) is 6.51. The van der Waals surface area contributed by atoms with E-state index >= 15 is 0 Å². The van der Waals surface area contributed by atoms with E-state index in [1.807, 2.05) is 18.2 Å². The van der Waals surface area contributed by atoms with Crippen molar-refractivity contribution < 1.29 is 4.74 Å². The van der Waals surface area contributed by atoms with Crippen LogP contribution in [-0.4, -0.2) is 7.11 Å². The van der Waals surface area contributed by atoms with Gasteiger partial charge in [0.2, 0.25) is 0 Å². The third-order valence-electron chi connectivity index (χ3n) is 3.46. The Morgan fingerprint density at radius 1 is 1.05 bits per heavy atom. The Morgan fingerprint density at radius 3 is 2.32 bits per heavy atom. The van der Waals surface area contributed by atoms with Crippen LogP contribution < -0.4 is 10.5 Å². The highest BCUT2D eigenvalue weighted by Crippen LogP contribution is 2.27. The second kappa shape index (κ2) is 5.45. The zero-order valence-electron chi connectivity index (χ0n) is 11.8. The first-order valence-corrected chi connectivity index (χ1v) is 6.51. The van der Waals surface area contributed by atoms with Crippen molar-refractivity contribution >= 4 is 0 Å². The maximum Gasteiger partial charge on any atom is 0.122 e. The number of para-hydroxylation sites is 1. The Kier molecular flexibility index (Phi) is 3.91. The highest BCUT2D eigenvalue weighted by Gasteiger charge is 2.23.